The standard InChI is InChI=1S/C18H19NO3S2/c1-3-12(2)15(17(21)22)19-16(20)14(24-18(19)23)11-7-10-13-8-5-4-6-9-13/h4-12,15H,3H2,1-2H3,(H,21,22). The van der Waals surface area contributed by atoms with E-state index < -0.39 is 12.0 Å². The summed E-state index contributed by atoms with van der Waals surface area (Å²) in [4.78, 5) is 25.8. The maximum Gasteiger partial charge on any atom is 0.327 e. The van der Waals surface area contributed by atoms with Gasteiger partial charge in [-0.1, -0.05) is 86.7 Å². The van der Waals surface area contributed by atoms with Crippen LogP contribution in [0.5, 0.6) is 0 Å². The van der Waals surface area contributed by atoms with Crippen molar-refractivity contribution in [2.24, 2.45) is 5.92 Å². The van der Waals surface area contributed by atoms with Crippen molar-refractivity contribution in [3.05, 3.63) is 53.0 Å². The lowest BCUT2D eigenvalue weighted by Gasteiger charge is -2.27. The number of thioether (sulfide) groups is 1. The van der Waals surface area contributed by atoms with Crippen molar-refractivity contribution in [2.45, 2.75) is 26.3 Å². The quantitative estimate of drug-likeness (QED) is 0.614. The first kappa shape index (κ1) is 18.4. The summed E-state index contributed by atoms with van der Waals surface area (Å²) in [5.74, 6) is -1.54. The topological polar surface area (TPSA) is 57.6 Å². The van der Waals surface area contributed by atoms with E-state index in [-0.39, 0.29) is 11.8 Å². The zero-order valence-electron chi connectivity index (χ0n) is 13.5. The van der Waals surface area contributed by atoms with Gasteiger partial charge in [0.15, 0.2) is 0 Å². The molecule has 0 aromatic heterocycles. The van der Waals surface area contributed by atoms with Crippen molar-refractivity contribution >= 4 is 46.3 Å². The number of hydrogen-bond donors (Lipinski definition) is 1. The Morgan fingerprint density at radius 2 is 2.04 bits per heavy atom. The molecule has 1 aromatic carbocycles. The van der Waals surface area contributed by atoms with Gasteiger partial charge in [0.2, 0.25) is 0 Å². The summed E-state index contributed by atoms with van der Waals surface area (Å²) in [6.45, 7) is 3.72. The van der Waals surface area contributed by atoms with Crippen molar-refractivity contribution < 1.29 is 14.7 Å². The van der Waals surface area contributed by atoms with E-state index in [0.29, 0.717) is 15.6 Å². The number of allylic oxidation sites excluding steroid dienone is 2. The van der Waals surface area contributed by atoms with Crippen LogP contribution in [0.15, 0.2) is 47.4 Å². The van der Waals surface area contributed by atoms with Crippen LogP contribution in [0.1, 0.15) is 25.8 Å². The second-order valence-corrected chi connectivity index (χ2v) is 7.19. The van der Waals surface area contributed by atoms with Gasteiger partial charge in [-0.2, -0.15) is 0 Å². The molecule has 24 heavy (non-hydrogen) atoms. The predicted molar refractivity (Wildman–Crippen MR) is 101 cm³/mol. The summed E-state index contributed by atoms with van der Waals surface area (Å²) >= 11 is 6.39. The van der Waals surface area contributed by atoms with Crippen LogP contribution >= 0.6 is 24.0 Å². The molecule has 126 valence electrons. The minimum absolute atomic E-state index is 0.177. The number of thiocarbonyl (C=S) groups is 1. The van der Waals surface area contributed by atoms with E-state index in [1.54, 1.807) is 12.2 Å². The number of carbonyl (C=O) groups is 2. The number of nitrogens with zero attached hydrogens (tertiary/aromatic N) is 1. The highest BCUT2D eigenvalue weighted by atomic mass is 32.2. The van der Waals surface area contributed by atoms with Gasteiger partial charge in [0.1, 0.15) is 10.4 Å². The van der Waals surface area contributed by atoms with Crippen LogP contribution in [0.25, 0.3) is 6.08 Å². The van der Waals surface area contributed by atoms with Gasteiger partial charge in [-0.15, -0.1) is 0 Å². The molecular formula is C18H19NO3S2. The largest absolute Gasteiger partial charge is 0.480 e. The molecule has 0 radical (unpaired) electrons. The van der Waals surface area contributed by atoms with Crippen molar-refractivity contribution in [3.8, 4) is 0 Å². The number of amides is 1. The van der Waals surface area contributed by atoms with Crippen LogP contribution in [0, 0.1) is 5.92 Å². The van der Waals surface area contributed by atoms with Gasteiger partial charge in [0, 0.05) is 0 Å². The van der Waals surface area contributed by atoms with Gasteiger partial charge < -0.3 is 5.11 Å². The van der Waals surface area contributed by atoms with Crippen molar-refractivity contribution in [2.75, 3.05) is 0 Å². The second kappa shape index (κ2) is 8.26. The number of carboxylic acids is 1. The van der Waals surface area contributed by atoms with E-state index in [9.17, 15) is 14.7 Å². The average Bonchev–Trinajstić information content (AvgIpc) is 2.83. The van der Waals surface area contributed by atoms with Crippen LogP contribution in [0.4, 0.5) is 0 Å². The van der Waals surface area contributed by atoms with Gasteiger partial charge in [0.05, 0.1) is 4.91 Å². The molecule has 6 heteroatoms. The fourth-order valence-corrected chi connectivity index (χ4v) is 3.66. The van der Waals surface area contributed by atoms with Crippen LogP contribution in [-0.4, -0.2) is 32.2 Å². The van der Waals surface area contributed by atoms with Gasteiger partial charge in [-0.3, -0.25) is 9.69 Å². The Kier molecular flexibility index (Phi) is 6.34. The van der Waals surface area contributed by atoms with E-state index in [1.807, 2.05) is 50.3 Å². The zero-order chi connectivity index (χ0) is 17.7. The molecule has 1 aliphatic rings. The highest BCUT2D eigenvalue weighted by molar-refractivity contribution is 8.26. The Labute approximate surface area is 151 Å². The van der Waals surface area contributed by atoms with E-state index in [2.05, 4.69) is 0 Å². The number of carbonyl (C=O) groups excluding carboxylic acids is 1. The van der Waals surface area contributed by atoms with Crippen LogP contribution in [-0.2, 0) is 9.59 Å². The van der Waals surface area contributed by atoms with Gasteiger partial charge in [-0.25, -0.2) is 4.79 Å². The molecule has 1 aliphatic heterocycles. The lowest BCUT2D eigenvalue weighted by molar-refractivity contribution is -0.147. The summed E-state index contributed by atoms with van der Waals surface area (Å²) < 4.78 is 0.298. The average molecular weight is 361 g/mol. The van der Waals surface area contributed by atoms with E-state index in [0.717, 1.165) is 17.3 Å². The molecule has 2 unspecified atom stereocenters. The van der Waals surface area contributed by atoms with Crippen molar-refractivity contribution in [1.29, 1.82) is 0 Å². The molecule has 1 saturated heterocycles. The molecule has 0 aliphatic carbocycles. The maximum absolute atomic E-state index is 12.6. The fraction of sp³-hybridized carbons (Fsp3) is 0.278. The summed E-state index contributed by atoms with van der Waals surface area (Å²) in [6, 6.07) is 8.79. The van der Waals surface area contributed by atoms with Gasteiger partial charge in [0.25, 0.3) is 5.91 Å². The molecule has 2 rings (SSSR count). The first-order valence-electron chi connectivity index (χ1n) is 7.67. The first-order valence-corrected chi connectivity index (χ1v) is 8.89. The van der Waals surface area contributed by atoms with E-state index in [1.165, 1.54) is 4.90 Å². The van der Waals surface area contributed by atoms with Crippen molar-refractivity contribution in [1.82, 2.24) is 4.90 Å². The summed E-state index contributed by atoms with van der Waals surface area (Å²) in [7, 11) is 0. The Hall–Kier alpha value is -1.92. The molecule has 0 bridgehead atoms. The van der Waals surface area contributed by atoms with E-state index in [4.69, 9.17) is 12.2 Å². The number of hydrogen-bond acceptors (Lipinski definition) is 4. The van der Waals surface area contributed by atoms with Crippen LogP contribution in [0.2, 0.25) is 0 Å². The summed E-state index contributed by atoms with van der Waals surface area (Å²) in [5, 5.41) is 9.49. The number of aliphatic carboxylic acids is 1. The number of rotatable bonds is 6. The third kappa shape index (κ3) is 4.13. The molecular weight excluding hydrogens is 342 g/mol. The molecule has 1 heterocycles. The third-order valence-corrected chi connectivity index (χ3v) is 5.22. The minimum atomic E-state index is -1.03. The van der Waals surface area contributed by atoms with E-state index >= 15 is 0 Å². The highest BCUT2D eigenvalue weighted by Gasteiger charge is 2.42. The molecule has 1 aromatic rings. The number of carboxylic acid groups (broad SMARTS) is 1. The predicted octanol–water partition coefficient (Wildman–Crippen LogP) is 3.94. The SMILES string of the molecule is CCC(C)C(C(=O)O)N1C(=O)C(=CC=Cc2ccccc2)SC1=S. The van der Waals surface area contributed by atoms with Crippen LogP contribution < -0.4 is 0 Å². The molecule has 1 N–H and O–H groups in total. The first-order chi connectivity index (χ1) is 11.5. The fourth-order valence-electron chi connectivity index (χ4n) is 2.38. The monoisotopic (exact) mass is 361 g/mol. The molecule has 0 saturated carbocycles. The maximum atomic E-state index is 12.6. The highest BCUT2D eigenvalue weighted by Crippen LogP contribution is 2.34. The molecule has 4 nitrogen and oxygen atoms in total. The Balaban J connectivity index is 2.20. The lowest BCUT2D eigenvalue weighted by Crippen LogP contribution is -2.47. The normalized spacial score (nSPS) is 19.2. The Morgan fingerprint density at radius 1 is 1.38 bits per heavy atom. The van der Waals surface area contributed by atoms with Crippen LogP contribution in [0.3, 0.4) is 0 Å². The molecule has 2 atom stereocenters. The smallest absolute Gasteiger partial charge is 0.327 e. The summed E-state index contributed by atoms with van der Waals surface area (Å²) in [5.41, 5.74) is 1.02. The molecule has 1 amide bonds. The van der Waals surface area contributed by atoms with Crippen molar-refractivity contribution in [3.63, 3.8) is 0 Å². The minimum Gasteiger partial charge on any atom is -0.480 e. The lowest BCUT2D eigenvalue weighted by atomic mass is 9.98. The van der Waals surface area contributed by atoms with Gasteiger partial charge in [-0.05, 0) is 17.6 Å². The Bertz CT molecular complexity index is 697. The third-order valence-electron chi connectivity index (χ3n) is 3.87. The second-order valence-electron chi connectivity index (χ2n) is 5.51. The zero-order valence-corrected chi connectivity index (χ0v) is 15.1. The molecule has 0 spiro atoms. The molecule has 1 fully saturated rings. The Morgan fingerprint density at radius 3 is 2.62 bits per heavy atom. The van der Waals surface area contributed by atoms with Gasteiger partial charge >= 0.3 is 5.97 Å². The summed E-state index contributed by atoms with van der Waals surface area (Å²) in [6.07, 6.45) is 6.00. The number of benzene rings is 1.